The molecule has 0 heterocycles. The fourth-order valence-corrected chi connectivity index (χ4v) is 5.50. The Morgan fingerprint density at radius 1 is 0.974 bits per heavy atom. The standard InChI is InChI=1S/C28H32ClN3O5S/c1-4-18-30-28(34)21(2)31(19-22-12-8-9-15-24(22)29)27(33)20-32(25-16-10-11-17-26(25)37-3)38(35,36)23-13-6-5-7-14-23/h5-17,21H,4,18-20H2,1-3H3,(H,30,34). The van der Waals surface area contributed by atoms with Crippen molar-refractivity contribution >= 4 is 39.1 Å². The molecule has 1 unspecified atom stereocenters. The summed E-state index contributed by atoms with van der Waals surface area (Å²) in [6, 6.07) is 20.5. The molecule has 8 nitrogen and oxygen atoms in total. The summed E-state index contributed by atoms with van der Waals surface area (Å²) in [6.07, 6.45) is 0.730. The Bertz CT molecular complexity index is 1350. The fourth-order valence-electron chi connectivity index (χ4n) is 3.86. The number of rotatable bonds is 12. The summed E-state index contributed by atoms with van der Waals surface area (Å²) < 4.78 is 34.1. The second-order valence-corrected chi connectivity index (χ2v) is 10.8. The largest absolute Gasteiger partial charge is 0.495 e. The number of nitrogens with one attached hydrogen (secondary N) is 1. The predicted molar refractivity (Wildman–Crippen MR) is 149 cm³/mol. The number of halogens is 1. The zero-order valence-electron chi connectivity index (χ0n) is 21.6. The second-order valence-electron chi connectivity index (χ2n) is 8.58. The number of sulfonamides is 1. The second kappa shape index (κ2) is 13.3. The normalized spacial score (nSPS) is 11.9. The summed E-state index contributed by atoms with van der Waals surface area (Å²) in [5, 5.41) is 3.24. The zero-order valence-corrected chi connectivity index (χ0v) is 23.2. The molecule has 0 saturated carbocycles. The molecule has 0 saturated heterocycles. The molecule has 3 aromatic carbocycles. The van der Waals surface area contributed by atoms with Gasteiger partial charge in [-0.15, -0.1) is 0 Å². The number of anilines is 1. The molecule has 0 spiro atoms. The predicted octanol–water partition coefficient (Wildman–Crippen LogP) is 4.49. The van der Waals surface area contributed by atoms with Crippen LogP contribution in [0.3, 0.4) is 0 Å². The van der Waals surface area contributed by atoms with Crippen LogP contribution in [0.2, 0.25) is 5.02 Å². The van der Waals surface area contributed by atoms with Crippen molar-refractivity contribution in [1.29, 1.82) is 0 Å². The Hall–Kier alpha value is -3.56. The number of methoxy groups -OCH3 is 1. The summed E-state index contributed by atoms with van der Waals surface area (Å²) in [6.45, 7) is 3.45. The first kappa shape index (κ1) is 29.0. The van der Waals surface area contributed by atoms with Gasteiger partial charge in [0.15, 0.2) is 0 Å². The van der Waals surface area contributed by atoms with Gasteiger partial charge in [0.2, 0.25) is 11.8 Å². The molecule has 0 aliphatic rings. The molecule has 1 N–H and O–H groups in total. The van der Waals surface area contributed by atoms with E-state index in [0.717, 1.165) is 10.7 Å². The van der Waals surface area contributed by atoms with Crippen molar-refractivity contribution < 1.29 is 22.7 Å². The number of carbonyl (C=O) groups excluding carboxylic acids is 2. The van der Waals surface area contributed by atoms with Crippen molar-refractivity contribution in [2.45, 2.75) is 37.8 Å². The minimum absolute atomic E-state index is 0.0182. The Morgan fingerprint density at radius 3 is 2.26 bits per heavy atom. The molecule has 2 amide bonds. The van der Waals surface area contributed by atoms with Crippen LogP contribution in [-0.2, 0) is 26.2 Å². The summed E-state index contributed by atoms with van der Waals surface area (Å²) in [4.78, 5) is 28.2. The highest BCUT2D eigenvalue weighted by molar-refractivity contribution is 7.92. The van der Waals surface area contributed by atoms with Crippen LogP contribution in [0.25, 0.3) is 0 Å². The van der Waals surface area contributed by atoms with E-state index in [9.17, 15) is 18.0 Å². The van der Waals surface area contributed by atoms with Gasteiger partial charge < -0.3 is 15.0 Å². The average molecular weight is 558 g/mol. The van der Waals surface area contributed by atoms with E-state index >= 15 is 0 Å². The molecule has 0 aromatic heterocycles. The highest BCUT2D eigenvalue weighted by Crippen LogP contribution is 2.32. The number of carbonyl (C=O) groups is 2. The molecule has 0 aliphatic carbocycles. The van der Waals surface area contributed by atoms with Gasteiger partial charge in [-0.3, -0.25) is 13.9 Å². The Labute approximate surface area is 229 Å². The minimum atomic E-state index is -4.18. The lowest BCUT2D eigenvalue weighted by molar-refractivity contribution is -0.139. The van der Waals surface area contributed by atoms with Crippen LogP contribution in [0.4, 0.5) is 5.69 Å². The zero-order chi connectivity index (χ0) is 27.7. The van der Waals surface area contributed by atoms with E-state index in [1.165, 1.54) is 24.1 Å². The topological polar surface area (TPSA) is 96.0 Å². The van der Waals surface area contributed by atoms with E-state index in [4.69, 9.17) is 16.3 Å². The van der Waals surface area contributed by atoms with E-state index in [2.05, 4.69) is 5.32 Å². The number of para-hydroxylation sites is 2. The van der Waals surface area contributed by atoms with Crippen molar-refractivity contribution in [3.05, 3.63) is 89.4 Å². The first-order valence-corrected chi connectivity index (χ1v) is 14.0. The monoisotopic (exact) mass is 557 g/mol. The number of nitrogens with zero attached hydrogens (tertiary/aromatic N) is 2. The fraction of sp³-hybridized carbons (Fsp3) is 0.286. The van der Waals surface area contributed by atoms with E-state index in [-0.39, 0.29) is 28.8 Å². The lowest BCUT2D eigenvalue weighted by atomic mass is 10.1. The van der Waals surface area contributed by atoms with Gasteiger partial charge in [-0.25, -0.2) is 8.42 Å². The van der Waals surface area contributed by atoms with Crippen molar-refractivity contribution in [3.8, 4) is 5.75 Å². The number of hydrogen-bond donors (Lipinski definition) is 1. The maximum absolute atomic E-state index is 13.9. The van der Waals surface area contributed by atoms with Crippen molar-refractivity contribution in [1.82, 2.24) is 10.2 Å². The first-order valence-electron chi connectivity index (χ1n) is 12.2. The van der Waals surface area contributed by atoms with Gasteiger partial charge in [-0.2, -0.15) is 0 Å². The van der Waals surface area contributed by atoms with Crippen LogP contribution in [-0.4, -0.2) is 51.4 Å². The van der Waals surface area contributed by atoms with Crippen molar-refractivity contribution in [3.63, 3.8) is 0 Å². The lowest BCUT2D eigenvalue weighted by Gasteiger charge is -2.32. The van der Waals surface area contributed by atoms with Gasteiger partial charge in [0.1, 0.15) is 18.3 Å². The molecule has 3 aromatic rings. The van der Waals surface area contributed by atoms with Crippen LogP contribution in [0.15, 0.2) is 83.8 Å². The van der Waals surface area contributed by atoms with E-state index in [1.807, 2.05) is 6.92 Å². The number of amides is 2. The Kier molecular flexibility index (Phi) is 10.2. The molecule has 3 rings (SSSR count). The maximum Gasteiger partial charge on any atom is 0.264 e. The SMILES string of the molecule is CCCNC(=O)C(C)N(Cc1ccccc1Cl)C(=O)CN(c1ccccc1OC)S(=O)(=O)c1ccccc1. The molecule has 0 radical (unpaired) electrons. The van der Waals surface area contributed by atoms with Crippen molar-refractivity contribution in [2.75, 3.05) is 24.5 Å². The third kappa shape index (κ3) is 6.85. The van der Waals surface area contributed by atoms with E-state index in [1.54, 1.807) is 73.7 Å². The average Bonchev–Trinajstić information content (AvgIpc) is 2.94. The van der Waals surface area contributed by atoms with E-state index in [0.29, 0.717) is 17.1 Å². The summed E-state index contributed by atoms with van der Waals surface area (Å²) in [5.74, 6) is -0.636. The van der Waals surface area contributed by atoms with Crippen LogP contribution in [0.5, 0.6) is 5.75 Å². The quantitative estimate of drug-likeness (QED) is 0.354. The Morgan fingerprint density at radius 2 is 1.61 bits per heavy atom. The third-order valence-electron chi connectivity index (χ3n) is 5.98. The molecule has 38 heavy (non-hydrogen) atoms. The molecule has 0 fully saturated rings. The van der Waals surface area contributed by atoms with Crippen molar-refractivity contribution in [2.24, 2.45) is 0 Å². The van der Waals surface area contributed by atoms with Crippen LogP contribution in [0.1, 0.15) is 25.8 Å². The van der Waals surface area contributed by atoms with Gasteiger partial charge in [-0.05, 0) is 49.2 Å². The molecule has 0 aliphatic heterocycles. The number of ether oxygens (including phenoxy) is 1. The van der Waals surface area contributed by atoms with Crippen LogP contribution in [0, 0.1) is 0 Å². The third-order valence-corrected chi connectivity index (χ3v) is 8.12. The highest BCUT2D eigenvalue weighted by Gasteiger charge is 2.33. The molecule has 0 bridgehead atoms. The molecule has 10 heteroatoms. The highest BCUT2D eigenvalue weighted by atomic mass is 35.5. The molecular weight excluding hydrogens is 526 g/mol. The Balaban J connectivity index is 2.05. The lowest BCUT2D eigenvalue weighted by Crippen LogP contribution is -2.51. The van der Waals surface area contributed by atoms with Crippen LogP contribution < -0.4 is 14.4 Å². The van der Waals surface area contributed by atoms with E-state index < -0.39 is 28.5 Å². The van der Waals surface area contributed by atoms with Gasteiger partial charge in [0.25, 0.3) is 10.0 Å². The number of benzene rings is 3. The van der Waals surface area contributed by atoms with Gasteiger partial charge in [0, 0.05) is 18.1 Å². The summed E-state index contributed by atoms with van der Waals surface area (Å²) in [5.41, 5.74) is 0.834. The summed E-state index contributed by atoms with van der Waals surface area (Å²) in [7, 11) is -2.75. The first-order chi connectivity index (χ1) is 18.2. The maximum atomic E-state index is 13.9. The van der Waals surface area contributed by atoms with Gasteiger partial charge >= 0.3 is 0 Å². The number of hydrogen-bond acceptors (Lipinski definition) is 5. The van der Waals surface area contributed by atoms with Gasteiger partial charge in [0.05, 0.1) is 17.7 Å². The molecule has 202 valence electrons. The smallest absolute Gasteiger partial charge is 0.264 e. The minimum Gasteiger partial charge on any atom is -0.495 e. The molecule has 1 atom stereocenters. The molecular formula is C28H32ClN3O5S. The summed E-state index contributed by atoms with van der Waals surface area (Å²) >= 11 is 6.37. The van der Waals surface area contributed by atoms with Crippen LogP contribution >= 0.6 is 11.6 Å². The van der Waals surface area contributed by atoms with Gasteiger partial charge in [-0.1, -0.05) is 67.1 Å².